The summed E-state index contributed by atoms with van der Waals surface area (Å²) in [5.74, 6) is 1.21. The van der Waals surface area contributed by atoms with E-state index in [0.29, 0.717) is 29.6 Å². The van der Waals surface area contributed by atoms with E-state index in [1.54, 1.807) is 17.5 Å². The van der Waals surface area contributed by atoms with Crippen LogP contribution in [0.5, 0.6) is 0 Å². The van der Waals surface area contributed by atoms with Crippen LogP contribution in [0, 0.1) is 0 Å². The Bertz CT molecular complexity index is 1220. The number of hydrogen-bond acceptors (Lipinski definition) is 8. The first-order chi connectivity index (χ1) is 15.2. The van der Waals surface area contributed by atoms with E-state index in [1.165, 1.54) is 4.68 Å². The van der Waals surface area contributed by atoms with Gasteiger partial charge in [-0.05, 0) is 23.6 Å². The molecule has 1 fully saturated rings. The van der Waals surface area contributed by atoms with Crippen LogP contribution in [0.15, 0.2) is 62.7 Å². The van der Waals surface area contributed by atoms with Crippen molar-refractivity contribution in [1.82, 2.24) is 24.8 Å². The minimum absolute atomic E-state index is 0.186. The maximum atomic E-state index is 12.7. The molecule has 1 aliphatic heterocycles. The molecule has 1 aliphatic rings. The normalized spacial score (nSPS) is 14.8. The molecule has 0 amide bonds. The third kappa shape index (κ3) is 4.12. The molecule has 31 heavy (non-hydrogen) atoms. The molecule has 158 valence electrons. The number of para-hydroxylation sites is 1. The predicted octanol–water partition coefficient (Wildman–Crippen LogP) is 3.32. The lowest BCUT2D eigenvalue weighted by atomic mass is 10.2. The number of hydrogen-bond donors (Lipinski definition) is 0. The quantitative estimate of drug-likeness (QED) is 0.457. The van der Waals surface area contributed by atoms with Gasteiger partial charge in [-0.25, -0.2) is 0 Å². The predicted molar refractivity (Wildman–Crippen MR) is 120 cm³/mol. The van der Waals surface area contributed by atoms with Gasteiger partial charge in [0.15, 0.2) is 5.82 Å². The van der Waals surface area contributed by atoms with Crippen LogP contribution in [-0.2, 0) is 6.54 Å². The van der Waals surface area contributed by atoms with Gasteiger partial charge in [0.25, 0.3) is 11.4 Å². The molecule has 0 radical (unpaired) electrons. The number of thiophene rings is 1. The van der Waals surface area contributed by atoms with Gasteiger partial charge in [-0.2, -0.15) is 26.1 Å². The molecule has 4 heterocycles. The van der Waals surface area contributed by atoms with Crippen molar-refractivity contribution < 1.29 is 4.52 Å². The minimum atomic E-state index is -0.319. The number of rotatable bonds is 5. The summed E-state index contributed by atoms with van der Waals surface area (Å²) in [5, 5.41) is 12.6. The summed E-state index contributed by atoms with van der Waals surface area (Å²) in [6, 6.07) is 11.2. The first-order valence-corrected chi connectivity index (χ1v) is 11.2. The molecule has 4 aromatic rings. The molecule has 0 saturated carbocycles. The monoisotopic (exact) mass is 454 g/mol. The number of anilines is 1. The van der Waals surface area contributed by atoms with Crippen molar-refractivity contribution in [3.8, 4) is 17.1 Å². The molecule has 1 saturated heterocycles. The van der Waals surface area contributed by atoms with Crippen LogP contribution in [0.2, 0.25) is 5.02 Å². The Hall–Kier alpha value is -3.01. The number of nitrogens with zero attached hydrogens (tertiary/aromatic N) is 6. The Morgan fingerprint density at radius 1 is 1.10 bits per heavy atom. The van der Waals surface area contributed by atoms with Crippen molar-refractivity contribution >= 4 is 28.6 Å². The summed E-state index contributed by atoms with van der Waals surface area (Å²) in [6.07, 6.45) is 1.67. The number of benzene rings is 1. The second-order valence-corrected chi connectivity index (χ2v) is 8.35. The summed E-state index contributed by atoms with van der Waals surface area (Å²) in [7, 11) is 0. The zero-order chi connectivity index (χ0) is 21.2. The molecule has 1 aromatic carbocycles. The van der Waals surface area contributed by atoms with Crippen LogP contribution in [0.4, 0.5) is 5.69 Å². The highest BCUT2D eigenvalue weighted by Gasteiger charge is 2.23. The molecular formula is C21H19ClN6O2S. The summed E-state index contributed by atoms with van der Waals surface area (Å²) in [4.78, 5) is 21.6. The van der Waals surface area contributed by atoms with Gasteiger partial charge in [-0.1, -0.05) is 35.0 Å². The van der Waals surface area contributed by atoms with Gasteiger partial charge >= 0.3 is 0 Å². The van der Waals surface area contributed by atoms with E-state index in [0.717, 1.165) is 31.7 Å². The summed E-state index contributed by atoms with van der Waals surface area (Å²) in [5.41, 5.74) is 1.98. The van der Waals surface area contributed by atoms with Gasteiger partial charge in [0.05, 0.1) is 29.7 Å². The van der Waals surface area contributed by atoms with E-state index in [1.807, 2.05) is 47.2 Å². The fourth-order valence-electron chi connectivity index (χ4n) is 3.57. The van der Waals surface area contributed by atoms with Gasteiger partial charge in [-0.3, -0.25) is 9.69 Å². The number of halogens is 1. The molecule has 0 bridgehead atoms. The Balaban J connectivity index is 1.25. The molecule has 0 spiro atoms. The van der Waals surface area contributed by atoms with Gasteiger partial charge < -0.3 is 9.42 Å². The smallest absolute Gasteiger partial charge is 0.292 e. The van der Waals surface area contributed by atoms with Crippen LogP contribution in [0.3, 0.4) is 0 Å². The number of aromatic nitrogens is 4. The van der Waals surface area contributed by atoms with Crippen molar-refractivity contribution in [2.75, 3.05) is 31.1 Å². The Morgan fingerprint density at radius 2 is 1.90 bits per heavy atom. The number of piperazine rings is 1. The third-order valence-electron chi connectivity index (χ3n) is 5.22. The Morgan fingerprint density at radius 3 is 2.65 bits per heavy atom. The van der Waals surface area contributed by atoms with E-state index in [-0.39, 0.29) is 10.6 Å². The van der Waals surface area contributed by atoms with Crippen molar-refractivity contribution in [2.45, 2.75) is 6.54 Å². The van der Waals surface area contributed by atoms with Crippen molar-refractivity contribution in [3.63, 3.8) is 0 Å². The van der Waals surface area contributed by atoms with Crippen LogP contribution in [0.25, 0.3) is 17.1 Å². The van der Waals surface area contributed by atoms with Crippen LogP contribution in [-0.4, -0.2) is 51.0 Å². The van der Waals surface area contributed by atoms with Gasteiger partial charge in [0.2, 0.25) is 0 Å². The van der Waals surface area contributed by atoms with E-state index in [9.17, 15) is 4.79 Å². The SMILES string of the molecule is O=c1c(Cl)c(N2CCN(Cc3noc(-c4ccsc4)n3)CC2)cnn1-c1ccccc1. The highest BCUT2D eigenvalue weighted by Crippen LogP contribution is 2.24. The largest absolute Gasteiger partial charge is 0.366 e. The van der Waals surface area contributed by atoms with Crippen LogP contribution < -0.4 is 10.5 Å². The summed E-state index contributed by atoms with van der Waals surface area (Å²) < 4.78 is 6.69. The molecule has 0 unspecified atom stereocenters. The fraction of sp³-hybridized carbons (Fsp3) is 0.238. The van der Waals surface area contributed by atoms with E-state index >= 15 is 0 Å². The van der Waals surface area contributed by atoms with Crippen molar-refractivity contribution in [2.24, 2.45) is 0 Å². The lowest BCUT2D eigenvalue weighted by molar-refractivity contribution is 0.240. The van der Waals surface area contributed by atoms with E-state index in [4.69, 9.17) is 16.1 Å². The maximum absolute atomic E-state index is 12.7. The van der Waals surface area contributed by atoms with Crippen molar-refractivity contribution in [3.05, 3.63) is 74.6 Å². The minimum Gasteiger partial charge on any atom is -0.366 e. The lowest BCUT2D eigenvalue weighted by Gasteiger charge is -2.35. The summed E-state index contributed by atoms with van der Waals surface area (Å²) >= 11 is 8.03. The average Bonchev–Trinajstić information content (AvgIpc) is 3.49. The Labute approximate surface area is 187 Å². The first kappa shape index (κ1) is 19.9. The molecule has 0 atom stereocenters. The molecule has 5 rings (SSSR count). The zero-order valence-corrected chi connectivity index (χ0v) is 18.1. The second-order valence-electron chi connectivity index (χ2n) is 7.19. The first-order valence-electron chi connectivity index (χ1n) is 9.85. The molecule has 8 nitrogen and oxygen atoms in total. The maximum Gasteiger partial charge on any atom is 0.292 e. The van der Waals surface area contributed by atoms with Gasteiger partial charge in [-0.15, -0.1) is 0 Å². The molecule has 10 heteroatoms. The highest BCUT2D eigenvalue weighted by atomic mass is 35.5. The Kier molecular flexibility index (Phi) is 5.54. The topological polar surface area (TPSA) is 80.3 Å². The molecular weight excluding hydrogens is 436 g/mol. The van der Waals surface area contributed by atoms with Gasteiger partial charge in [0, 0.05) is 31.6 Å². The van der Waals surface area contributed by atoms with E-state index in [2.05, 4.69) is 25.0 Å². The third-order valence-corrected chi connectivity index (χ3v) is 6.25. The standard InChI is InChI=1S/C21H19ClN6O2S/c22-19-17(12-23-28(21(19)29)16-4-2-1-3-5-16)27-9-7-26(8-10-27)13-18-24-20(30-25-18)15-6-11-31-14-15/h1-6,11-12,14H,7-10,13H2. The molecule has 0 aliphatic carbocycles. The summed E-state index contributed by atoms with van der Waals surface area (Å²) in [6.45, 7) is 3.65. The van der Waals surface area contributed by atoms with Gasteiger partial charge in [0.1, 0.15) is 5.02 Å². The zero-order valence-electron chi connectivity index (χ0n) is 16.5. The van der Waals surface area contributed by atoms with Crippen LogP contribution >= 0.6 is 22.9 Å². The van der Waals surface area contributed by atoms with Crippen LogP contribution in [0.1, 0.15) is 5.82 Å². The second kappa shape index (κ2) is 8.62. The molecule has 3 aromatic heterocycles. The van der Waals surface area contributed by atoms with E-state index < -0.39 is 0 Å². The average molecular weight is 455 g/mol. The van der Waals surface area contributed by atoms with Crippen molar-refractivity contribution in [1.29, 1.82) is 0 Å². The highest BCUT2D eigenvalue weighted by molar-refractivity contribution is 7.08. The lowest BCUT2D eigenvalue weighted by Crippen LogP contribution is -2.46. The fourth-order valence-corrected chi connectivity index (χ4v) is 4.44. The molecule has 0 N–H and O–H groups in total.